The Labute approximate surface area is 250 Å². The first-order chi connectivity index (χ1) is 20.1. The summed E-state index contributed by atoms with van der Waals surface area (Å²) in [6.45, 7) is 4.04. The SMILES string of the molecule is [B]C1OC(COP(=C)(C)OC2C(COC)OC([B])C2C(=O)OCc2ccccc2)C(C)C1C(=O)OCc1ccccc1. The molecule has 42 heavy (non-hydrogen) atoms. The second-order valence-corrected chi connectivity index (χ2v) is 13.2. The maximum absolute atomic E-state index is 13.1. The van der Waals surface area contributed by atoms with Gasteiger partial charge in [-0.2, -0.15) is 0 Å². The molecule has 2 heterocycles. The smallest absolute Gasteiger partial charge is 0.313 e. The van der Waals surface area contributed by atoms with E-state index in [-0.39, 0.29) is 32.3 Å². The van der Waals surface area contributed by atoms with Crippen LogP contribution in [0.4, 0.5) is 0 Å². The van der Waals surface area contributed by atoms with Gasteiger partial charge in [0.25, 0.3) is 0 Å². The van der Waals surface area contributed by atoms with Crippen LogP contribution in [0.2, 0.25) is 0 Å². The fourth-order valence-electron chi connectivity index (χ4n) is 5.13. The predicted molar refractivity (Wildman–Crippen MR) is 160 cm³/mol. The van der Waals surface area contributed by atoms with Crippen molar-refractivity contribution < 1.29 is 42.3 Å². The van der Waals surface area contributed by atoms with Crippen LogP contribution < -0.4 is 0 Å². The van der Waals surface area contributed by atoms with E-state index in [0.29, 0.717) is 0 Å². The molecule has 0 N–H and O–H groups in total. The molecule has 0 amide bonds. The molecule has 4 rings (SSSR count). The Bertz CT molecular complexity index is 1220. The second-order valence-electron chi connectivity index (χ2n) is 10.7. The quantitative estimate of drug-likeness (QED) is 0.197. The number of methoxy groups -OCH3 is 1. The molecule has 2 aromatic carbocycles. The van der Waals surface area contributed by atoms with Gasteiger partial charge < -0.3 is 32.7 Å². The van der Waals surface area contributed by atoms with E-state index >= 15 is 0 Å². The number of esters is 2. The first-order valence-electron chi connectivity index (χ1n) is 13.9. The first-order valence-corrected chi connectivity index (χ1v) is 16.1. The molecule has 2 fully saturated rings. The molecule has 9 nitrogen and oxygen atoms in total. The normalized spacial score (nSPS) is 30.5. The minimum Gasteiger partial charge on any atom is -0.461 e. The van der Waals surface area contributed by atoms with Gasteiger partial charge in [-0.15, -0.1) is 0 Å². The molecular formula is C30H37B2O9P. The van der Waals surface area contributed by atoms with E-state index in [1.165, 1.54) is 7.11 Å². The summed E-state index contributed by atoms with van der Waals surface area (Å²) < 4.78 is 40.5. The fraction of sp³-hybridized carbons (Fsp3) is 0.500. The molecule has 2 aromatic rings. The highest BCUT2D eigenvalue weighted by atomic mass is 31.2. The van der Waals surface area contributed by atoms with Crippen molar-refractivity contribution in [3.8, 4) is 0 Å². The van der Waals surface area contributed by atoms with Crippen molar-refractivity contribution in [1.29, 1.82) is 0 Å². The minimum atomic E-state index is -2.81. The Morgan fingerprint density at radius 1 is 0.833 bits per heavy atom. The van der Waals surface area contributed by atoms with E-state index in [1.807, 2.05) is 67.6 Å². The number of hydrogen-bond donors (Lipinski definition) is 0. The van der Waals surface area contributed by atoms with Crippen LogP contribution in [0.5, 0.6) is 0 Å². The summed E-state index contributed by atoms with van der Waals surface area (Å²) in [4.78, 5) is 26.0. The van der Waals surface area contributed by atoms with Crippen molar-refractivity contribution in [2.24, 2.45) is 17.8 Å². The molecule has 0 bridgehead atoms. The molecule has 0 aromatic heterocycles. The number of rotatable bonds is 13. The minimum absolute atomic E-state index is 0.0722. The average Bonchev–Trinajstić information content (AvgIpc) is 3.43. The van der Waals surface area contributed by atoms with Crippen molar-refractivity contribution in [3.05, 3.63) is 71.8 Å². The Morgan fingerprint density at radius 2 is 1.33 bits per heavy atom. The van der Waals surface area contributed by atoms with Gasteiger partial charge in [-0.05, 0) is 17.0 Å². The fourth-order valence-corrected chi connectivity index (χ4v) is 6.44. The zero-order chi connectivity index (χ0) is 30.3. The van der Waals surface area contributed by atoms with E-state index in [1.54, 1.807) is 6.66 Å². The van der Waals surface area contributed by atoms with Gasteiger partial charge in [-0.1, -0.05) is 73.9 Å². The third kappa shape index (κ3) is 8.37. The standard InChI is InChI=1S/C30H37B2O9P/c1-19-22(39-27(31)24(19)29(33)36-15-20-11-7-5-8-12-20)18-38-42(3,4)41-26-23(17-35-2)40-28(32)25(26)30(34)37-16-21-13-9-6-10-14-21/h5-14,19,22-28H,3,15-18H2,1-2,4H3. The maximum atomic E-state index is 13.1. The lowest BCUT2D eigenvalue weighted by Crippen LogP contribution is -2.38. The molecule has 2 saturated heterocycles. The highest BCUT2D eigenvalue weighted by Gasteiger charge is 2.49. The lowest BCUT2D eigenvalue weighted by Gasteiger charge is -2.30. The van der Waals surface area contributed by atoms with Crippen molar-refractivity contribution in [2.75, 3.05) is 27.0 Å². The summed E-state index contributed by atoms with van der Waals surface area (Å²) in [5.74, 6) is -2.84. The lowest BCUT2D eigenvalue weighted by atomic mass is 9.80. The largest absolute Gasteiger partial charge is 0.461 e. The van der Waals surface area contributed by atoms with Crippen molar-refractivity contribution in [3.63, 3.8) is 0 Å². The zero-order valence-electron chi connectivity index (χ0n) is 24.2. The molecule has 4 radical (unpaired) electrons. The molecule has 12 heteroatoms. The number of carbonyl (C=O) groups is 2. The number of benzene rings is 2. The van der Waals surface area contributed by atoms with Gasteiger partial charge >= 0.3 is 11.9 Å². The molecular weight excluding hydrogens is 557 g/mol. The van der Waals surface area contributed by atoms with Crippen LogP contribution in [0.3, 0.4) is 0 Å². The molecule has 2 aliphatic rings. The predicted octanol–water partition coefficient (Wildman–Crippen LogP) is 3.09. The third-order valence-corrected chi connectivity index (χ3v) is 8.81. The van der Waals surface area contributed by atoms with Crippen LogP contribution in [0.1, 0.15) is 18.1 Å². The van der Waals surface area contributed by atoms with Crippen molar-refractivity contribution in [1.82, 2.24) is 0 Å². The highest BCUT2D eigenvalue weighted by molar-refractivity contribution is 7.63. The van der Waals surface area contributed by atoms with Gasteiger partial charge in [-0.25, -0.2) is 0 Å². The average molecular weight is 594 g/mol. The van der Waals surface area contributed by atoms with E-state index in [9.17, 15) is 9.59 Å². The van der Waals surface area contributed by atoms with E-state index < -0.39 is 61.4 Å². The first kappa shape index (κ1) is 32.5. The summed E-state index contributed by atoms with van der Waals surface area (Å²) in [6.07, 6.45) is 2.21. The van der Waals surface area contributed by atoms with Gasteiger partial charge in [0, 0.05) is 25.8 Å². The van der Waals surface area contributed by atoms with Crippen molar-refractivity contribution >= 4 is 41.3 Å². The number of carbonyl (C=O) groups excluding carboxylic acids is 2. The van der Waals surface area contributed by atoms with Crippen LogP contribution in [0, 0.1) is 17.8 Å². The van der Waals surface area contributed by atoms with E-state index in [0.717, 1.165) is 11.1 Å². The van der Waals surface area contributed by atoms with Crippen LogP contribution in [0.25, 0.3) is 0 Å². The highest BCUT2D eigenvalue weighted by Crippen LogP contribution is 2.49. The topological polar surface area (TPSA) is 98.8 Å². The number of ether oxygens (including phenoxy) is 5. The van der Waals surface area contributed by atoms with Crippen LogP contribution >= 0.6 is 7.34 Å². The second kappa shape index (κ2) is 14.9. The van der Waals surface area contributed by atoms with Gasteiger partial charge in [0.15, 0.2) is 0 Å². The monoisotopic (exact) mass is 594 g/mol. The van der Waals surface area contributed by atoms with E-state index in [2.05, 4.69) is 6.30 Å². The zero-order valence-corrected chi connectivity index (χ0v) is 25.1. The summed E-state index contributed by atoms with van der Waals surface area (Å²) in [7, 11) is 11.1. The van der Waals surface area contributed by atoms with Crippen LogP contribution in [0.15, 0.2) is 60.7 Å². The molecule has 0 aliphatic carbocycles. The lowest BCUT2D eigenvalue weighted by molar-refractivity contribution is -0.153. The molecule has 222 valence electrons. The Hall–Kier alpha value is -2.39. The summed E-state index contributed by atoms with van der Waals surface area (Å²) in [6, 6.07) is 16.9. The molecule has 9 unspecified atom stereocenters. The Morgan fingerprint density at radius 3 is 1.88 bits per heavy atom. The molecule has 2 aliphatic heterocycles. The summed E-state index contributed by atoms with van der Waals surface area (Å²) >= 11 is 0. The van der Waals surface area contributed by atoms with Gasteiger partial charge in [-0.3, -0.25) is 9.59 Å². The number of hydrogen-bond acceptors (Lipinski definition) is 9. The summed E-state index contributed by atoms with van der Waals surface area (Å²) in [5, 5.41) is 0. The van der Waals surface area contributed by atoms with Gasteiger partial charge in [0.05, 0.1) is 25.2 Å². The Balaban J connectivity index is 1.35. The maximum Gasteiger partial charge on any atom is 0.313 e. The van der Waals surface area contributed by atoms with Gasteiger partial charge in [0.1, 0.15) is 54.4 Å². The van der Waals surface area contributed by atoms with Crippen LogP contribution in [-0.2, 0) is 55.5 Å². The molecule has 9 atom stereocenters. The van der Waals surface area contributed by atoms with Crippen molar-refractivity contribution in [2.45, 2.75) is 50.5 Å². The van der Waals surface area contributed by atoms with Gasteiger partial charge in [0.2, 0.25) is 0 Å². The van der Waals surface area contributed by atoms with E-state index in [4.69, 9.17) is 48.4 Å². The Kier molecular flexibility index (Phi) is 11.5. The van der Waals surface area contributed by atoms with Crippen LogP contribution in [-0.4, -0.2) is 91.2 Å². The third-order valence-electron chi connectivity index (χ3n) is 7.42. The summed E-state index contributed by atoms with van der Waals surface area (Å²) in [5.41, 5.74) is 1.72. The molecule has 0 spiro atoms. The molecule has 0 saturated carbocycles.